The van der Waals surface area contributed by atoms with Crippen molar-refractivity contribution < 1.29 is 14.7 Å². The molecule has 1 saturated heterocycles. The number of phenols is 1. The molecule has 1 aliphatic heterocycles. The molecule has 1 heterocycles. The molecule has 0 aromatic heterocycles. The maximum atomic E-state index is 13.1. The van der Waals surface area contributed by atoms with E-state index < -0.39 is 0 Å². The third-order valence-electron chi connectivity index (χ3n) is 6.66. The van der Waals surface area contributed by atoms with Crippen molar-refractivity contribution in [3.8, 4) is 5.75 Å². The van der Waals surface area contributed by atoms with E-state index in [1.165, 1.54) is 28.5 Å². The van der Waals surface area contributed by atoms with Gasteiger partial charge in [0, 0.05) is 31.7 Å². The van der Waals surface area contributed by atoms with Crippen molar-refractivity contribution in [2.45, 2.75) is 31.7 Å². The lowest BCUT2D eigenvalue weighted by Gasteiger charge is -2.39. The largest absolute Gasteiger partial charge is 0.508 e. The molecule has 0 bridgehead atoms. The molecule has 2 amide bonds. The summed E-state index contributed by atoms with van der Waals surface area (Å²) in [5.41, 5.74) is 1.79. The van der Waals surface area contributed by atoms with E-state index in [1.54, 1.807) is 12.1 Å². The van der Waals surface area contributed by atoms with Crippen molar-refractivity contribution in [2.24, 2.45) is 0 Å². The lowest BCUT2D eigenvalue weighted by Crippen LogP contribution is -2.55. The van der Waals surface area contributed by atoms with E-state index in [-0.39, 0.29) is 23.6 Å². The number of unbranched alkanes of at least 4 members (excludes halogenated alkanes) is 1. The summed E-state index contributed by atoms with van der Waals surface area (Å²) in [5.74, 6) is 0.206. The minimum atomic E-state index is -0.147. The molecular formula is C28H33N3O3. The van der Waals surface area contributed by atoms with Crippen LogP contribution in [0.3, 0.4) is 0 Å². The van der Waals surface area contributed by atoms with Gasteiger partial charge < -0.3 is 15.3 Å². The van der Waals surface area contributed by atoms with Crippen LogP contribution in [0.25, 0.3) is 10.8 Å². The van der Waals surface area contributed by atoms with Crippen LogP contribution in [0.2, 0.25) is 0 Å². The number of likely N-dealkylation sites (N-methyl/N-ethyl adjacent to an activating group) is 1. The summed E-state index contributed by atoms with van der Waals surface area (Å²) >= 11 is 0. The predicted octanol–water partition coefficient (Wildman–Crippen LogP) is 3.83. The summed E-state index contributed by atoms with van der Waals surface area (Å²) < 4.78 is 0. The Bertz CT molecular complexity index is 1130. The van der Waals surface area contributed by atoms with Gasteiger partial charge >= 0.3 is 0 Å². The number of benzene rings is 3. The molecule has 6 heteroatoms. The minimum absolute atomic E-state index is 0.0989. The number of rotatable bonds is 9. The highest BCUT2D eigenvalue weighted by Gasteiger charge is 2.31. The van der Waals surface area contributed by atoms with E-state index in [0.717, 1.165) is 45.3 Å². The Balaban J connectivity index is 1.22. The Morgan fingerprint density at radius 2 is 1.76 bits per heavy atom. The Kier molecular flexibility index (Phi) is 7.80. The van der Waals surface area contributed by atoms with E-state index in [0.29, 0.717) is 12.1 Å². The van der Waals surface area contributed by atoms with Gasteiger partial charge in [-0.1, -0.05) is 42.5 Å². The first kappa shape index (κ1) is 23.8. The van der Waals surface area contributed by atoms with E-state index in [9.17, 15) is 14.7 Å². The number of piperazine rings is 1. The topological polar surface area (TPSA) is 72.9 Å². The van der Waals surface area contributed by atoms with E-state index >= 15 is 0 Å². The second kappa shape index (κ2) is 11.2. The van der Waals surface area contributed by atoms with Crippen molar-refractivity contribution in [2.75, 3.05) is 33.2 Å². The summed E-state index contributed by atoms with van der Waals surface area (Å²) in [6.45, 7) is 2.95. The lowest BCUT2D eigenvalue weighted by atomic mass is 10.0. The van der Waals surface area contributed by atoms with Crippen LogP contribution < -0.4 is 5.32 Å². The number of hydrogen-bond acceptors (Lipinski definition) is 4. The molecule has 3 aromatic carbocycles. The van der Waals surface area contributed by atoms with Crippen LogP contribution in [0.5, 0.6) is 5.75 Å². The standard InChI is InChI=1S/C28H33N3O3/c1-30-18-19-31(17-15-21-9-10-22-6-2-3-7-24(22)20-21)28(34)26(30)8-4-5-16-29-27(33)23-11-13-25(32)14-12-23/h2-3,6-7,9-14,20,26,32H,4-5,8,15-19H2,1H3,(H,29,33)/t26-/m0/s1. The normalized spacial score (nSPS) is 16.7. The molecule has 34 heavy (non-hydrogen) atoms. The molecule has 1 aliphatic rings. The van der Waals surface area contributed by atoms with Gasteiger partial charge in [0.1, 0.15) is 5.75 Å². The molecule has 2 N–H and O–H groups in total. The molecule has 0 radical (unpaired) electrons. The summed E-state index contributed by atoms with van der Waals surface area (Å²) in [4.78, 5) is 29.5. The van der Waals surface area contributed by atoms with Crippen LogP contribution in [0.1, 0.15) is 35.2 Å². The van der Waals surface area contributed by atoms with Gasteiger partial charge in [-0.15, -0.1) is 0 Å². The van der Waals surface area contributed by atoms with Crippen molar-refractivity contribution in [1.82, 2.24) is 15.1 Å². The molecule has 3 aromatic rings. The van der Waals surface area contributed by atoms with Gasteiger partial charge in [0.25, 0.3) is 5.91 Å². The van der Waals surface area contributed by atoms with E-state index in [2.05, 4.69) is 52.7 Å². The number of aromatic hydroxyl groups is 1. The first-order valence-corrected chi connectivity index (χ1v) is 12.1. The molecule has 0 aliphatic carbocycles. The van der Waals surface area contributed by atoms with Crippen LogP contribution in [0.15, 0.2) is 66.7 Å². The number of nitrogens with one attached hydrogen (secondary N) is 1. The SMILES string of the molecule is CN1CCN(CCc2ccc3ccccc3c2)C(=O)[C@@H]1CCCCNC(=O)c1ccc(O)cc1. The van der Waals surface area contributed by atoms with Gasteiger partial charge in [0.2, 0.25) is 5.91 Å². The zero-order valence-corrected chi connectivity index (χ0v) is 19.7. The quantitative estimate of drug-likeness (QED) is 0.477. The molecule has 6 nitrogen and oxygen atoms in total. The Labute approximate surface area is 201 Å². The first-order chi connectivity index (χ1) is 16.5. The number of phenolic OH excluding ortho intramolecular Hbond substituents is 1. The number of amides is 2. The molecular weight excluding hydrogens is 426 g/mol. The number of fused-ring (bicyclic) bond motifs is 1. The first-order valence-electron chi connectivity index (χ1n) is 12.1. The summed E-state index contributed by atoms with van der Waals surface area (Å²) in [6.07, 6.45) is 3.33. The fourth-order valence-electron chi connectivity index (χ4n) is 4.55. The van der Waals surface area contributed by atoms with Gasteiger partial charge in [0.15, 0.2) is 0 Å². The van der Waals surface area contributed by atoms with Crippen LogP contribution in [-0.2, 0) is 11.2 Å². The second-order valence-electron chi connectivity index (χ2n) is 9.05. The van der Waals surface area contributed by atoms with Gasteiger partial charge in [-0.25, -0.2) is 0 Å². The van der Waals surface area contributed by atoms with E-state index in [1.807, 2.05) is 11.9 Å². The zero-order valence-electron chi connectivity index (χ0n) is 19.7. The van der Waals surface area contributed by atoms with E-state index in [4.69, 9.17) is 0 Å². The number of carbonyl (C=O) groups excluding carboxylic acids is 2. The molecule has 178 valence electrons. The van der Waals surface area contributed by atoms with Crippen LogP contribution in [0.4, 0.5) is 0 Å². The van der Waals surface area contributed by atoms with Crippen LogP contribution in [-0.4, -0.2) is 66.0 Å². The predicted molar refractivity (Wildman–Crippen MR) is 135 cm³/mol. The fourth-order valence-corrected chi connectivity index (χ4v) is 4.55. The lowest BCUT2D eigenvalue weighted by molar-refractivity contribution is -0.141. The fraction of sp³-hybridized carbons (Fsp3) is 0.357. The molecule has 0 spiro atoms. The van der Waals surface area contributed by atoms with Crippen LogP contribution >= 0.6 is 0 Å². The van der Waals surface area contributed by atoms with Gasteiger partial charge in [-0.05, 0) is 73.3 Å². The molecule has 1 fully saturated rings. The van der Waals surface area contributed by atoms with Crippen molar-refractivity contribution in [1.29, 1.82) is 0 Å². The Morgan fingerprint density at radius 3 is 2.56 bits per heavy atom. The highest BCUT2D eigenvalue weighted by molar-refractivity contribution is 5.94. The average Bonchev–Trinajstić information content (AvgIpc) is 2.85. The monoisotopic (exact) mass is 459 g/mol. The molecule has 1 atom stereocenters. The number of carbonyl (C=O) groups is 2. The highest BCUT2D eigenvalue weighted by Crippen LogP contribution is 2.19. The summed E-state index contributed by atoms with van der Waals surface area (Å²) in [6, 6.07) is 21.0. The summed E-state index contributed by atoms with van der Waals surface area (Å²) in [7, 11) is 2.02. The maximum absolute atomic E-state index is 13.1. The minimum Gasteiger partial charge on any atom is -0.508 e. The third-order valence-corrected chi connectivity index (χ3v) is 6.66. The van der Waals surface area contributed by atoms with Crippen LogP contribution in [0, 0.1) is 0 Å². The van der Waals surface area contributed by atoms with Gasteiger partial charge in [0.05, 0.1) is 6.04 Å². The van der Waals surface area contributed by atoms with Crippen molar-refractivity contribution >= 4 is 22.6 Å². The number of hydrogen-bond donors (Lipinski definition) is 2. The average molecular weight is 460 g/mol. The maximum Gasteiger partial charge on any atom is 0.251 e. The Morgan fingerprint density at radius 1 is 1.00 bits per heavy atom. The highest BCUT2D eigenvalue weighted by atomic mass is 16.3. The smallest absolute Gasteiger partial charge is 0.251 e. The Hall–Kier alpha value is -3.38. The van der Waals surface area contributed by atoms with Gasteiger partial charge in [-0.2, -0.15) is 0 Å². The zero-order chi connectivity index (χ0) is 23.9. The molecule has 0 saturated carbocycles. The number of nitrogens with zero attached hydrogens (tertiary/aromatic N) is 2. The third kappa shape index (κ3) is 5.94. The van der Waals surface area contributed by atoms with Crippen molar-refractivity contribution in [3.05, 3.63) is 77.9 Å². The second-order valence-corrected chi connectivity index (χ2v) is 9.05. The molecule has 4 rings (SSSR count). The summed E-state index contributed by atoms with van der Waals surface area (Å²) in [5, 5.41) is 14.7. The van der Waals surface area contributed by atoms with Crippen molar-refractivity contribution in [3.63, 3.8) is 0 Å². The molecule has 0 unspecified atom stereocenters. The van der Waals surface area contributed by atoms with Gasteiger partial charge in [-0.3, -0.25) is 14.5 Å².